The monoisotopic (exact) mass is 347 g/mol. The Labute approximate surface area is 143 Å². The highest BCUT2D eigenvalue weighted by molar-refractivity contribution is 8.01. The van der Waals surface area contributed by atoms with E-state index in [0.717, 1.165) is 0 Å². The van der Waals surface area contributed by atoms with Gasteiger partial charge in [-0.15, -0.1) is 11.8 Å². The fourth-order valence-corrected chi connectivity index (χ4v) is 4.42. The lowest BCUT2D eigenvalue weighted by Crippen LogP contribution is -2.69. The van der Waals surface area contributed by atoms with Crippen LogP contribution in [-0.2, 0) is 14.4 Å². The van der Waals surface area contributed by atoms with Gasteiger partial charge in [0.05, 0.1) is 4.75 Å². The lowest BCUT2D eigenvalue weighted by atomic mass is 10.0. The van der Waals surface area contributed by atoms with E-state index in [0.29, 0.717) is 5.75 Å². The fraction of sp³-hybridized carbons (Fsp3) is 0.438. The number of hydrogen-bond acceptors (Lipinski definition) is 6. The molecule has 2 aliphatic rings. The van der Waals surface area contributed by atoms with Crippen molar-refractivity contribution >= 4 is 29.7 Å². The highest BCUT2D eigenvalue weighted by atomic mass is 32.2. The van der Waals surface area contributed by atoms with E-state index >= 15 is 0 Å². The van der Waals surface area contributed by atoms with Crippen molar-refractivity contribution in [2.75, 3.05) is 6.61 Å². The minimum atomic E-state index is -0.618. The van der Waals surface area contributed by atoms with E-state index < -0.39 is 17.0 Å². The van der Waals surface area contributed by atoms with Crippen LogP contribution in [0.5, 0.6) is 5.75 Å². The number of amides is 2. The molecule has 1 aromatic carbocycles. The summed E-state index contributed by atoms with van der Waals surface area (Å²) in [5.41, 5.74) is 0. The Kier molecular flexibility index (Phi) is 4.34. The van der Waals surface area contributed by atoms with E-state index in [-0.39, 0.29) is 23.8 Å². The van der Waals surface area contributed by atoms with Crippen molar-refractivity contribution in [1.29, 1.82) is 0 Å². The fourth-order valence-electron chi connectivity index (χ4n) is 2.86. The first kappa shape index (κ1) is 16.5. The van der Waals surface area contributed by atoms with Crippen LogP contribution in [0, 0.1) is 0 Å². The summed E-state index contributed by atoms with van der Waals surface area (Å²) in [6.45, 7) is 3.66. The molecule has 2 aliphatic heterocycles. The molecule has 3 rings (SSSR count). The highest BCUT2D eigenvalue weighted by Gasteiger charge is 2.62. The summed E-state index contributed by atoms with van der Waals surface area (Å²) in [6, 6.07) is 8.36. The molecule has 1 aromatic rings. The molecule has 7 nitrogen and oxygen atoms in total. The van der Waals surface area contributed by atoms with Crippen LogP contribution >= 0.6 is 11.8 Å². The first-order chi connectivity index (χ1) is 11.4. The number of β-lactam (4-membered cyclic amide) rings is 1. The van der Waals surface area contributed by atoms with Crippen LogP contribution in [-0.4, -0.2) is 51.7 Å². The maximum atomic E-state index is 12.3. The number of ether oxygens (including phenoxy) is 1. The van der Waals surface area contributed by atoms with Gasteiger partial charge in [-0.25, -0.2) is 4.79 Å². The first-order valence-corrected chi connectivity index (χ1v) is 8.36. The SMILES string of the molecule is CC1(C)SC2C(NC(=O)COc3ccccc3)C(=O)N2C1N=C=O. The molecule has 126 valence electrons. The Hall–Kier alpha value is -2.31. The number of fused-ring (bicyclic) bond motifs is 1. The van der Waals surface area contributed by atoms with Crippen LogP contribution in [0.1, 0.15) is 13.8 Å². The molecular formula is C16H17N3O4S. The average molecular weight is 347 g/mol. The summed E-state index contributed by atoms with van der Waals surface area (Å²) in [5, 5.41) is 2.47. The lowest BCUT2D eigenvalue weighted by molar-refractivity contribution is -0.151. The van der Waals surface area contributed by atoms with Crippen molar-refractivity contribution in [3.05, 3.63) is 30.3 Å². The molecule has 2 saturated heterocycles. The minimum Gasteiger partial charge on any atom is -0.484 e. The Morgan fingerprint density at radius 2 is 2.12 bits per heavy atom. The second-order valence-corrected chi connectivity index (χ2v) is 7.87. The molecular weight excluding hydrogens is 330 g/mol. The first-order valence-electron chi connectivity index (χ1n) is 7.48. The number of carbonyl (C=O) groups is 2. The standard InChI is InChI=1S/C16H17N3O4S/c1-16(2)15(17-9-20)19-13(22)12(14(19)24-16)18-11(21)8-23-10-6-4-3-5-7-10/h3-7,12,14-15H,8H2,1-2H3,(H,18,21). The third-order valence-corrected chi connectivity index (χ3v) is 5.55. The number of rotatable bonds is 5. The van der Waals surface area contributed by atoms with Crippen molar-refractivity contribution in [2.45, 2.75) is 36.2 Å². The number of benzene rings is 1. The molecule has 3 unspecified atom stereocenters. The van der Waals surface area contributed by atoms with Gasteiger partial charge >= 0.3 is 0 Å². The van der Waals surface area contributed by atoms with Crippen LogP contribution in [0.25, 0.3) is 0 Å². The largest absolute Gasteiger partial charge is 0.484 e. The van der Waals surface area contributed by atoms with Crippen LogP contribution < -0.4 is 10.1 Å². The molecule has 0 aliphatic carbocycles. The van der Waals surface area contributed by atoms with E-state index in [1.807, 2.05) is 32.0 Å². The summed E-state index contributed by atoms with van der Waals surface area (Å²) in [6.07, 6.45) is 0.975. The number of thioether (sulfide) groups is 1. The minimum absolute atomic E-state index is 0.162. The van der Waals surface area contributed by atoms with Gasteiger partial charge in [0.2, 0.25) is 6.08 Å². The van der Waals surface area contributed by atoms with E-state index in [9.17, 15) is 14.4 Å². The Balaban J connectivity index is 1.58. The number of hydrogen-bond donors (Lipinski definition) is 1. The molecule has 0 spiro atoms. The molecule has 3 atom stereocenters. The Morgan fingerprint density at radius 3 is 2.79 bits per heavy atom. The van der Waals surface area contributed by atoms with E-state index in [1.54, 1.807) is 12.1 Å². The van der Waals surface area contributed by atoms with Gasteiger partial charge in [0.25, 0.3) is 11.8 Å². The smallest absolute Gasteiger partial charge is 0.258 e. The maximum Gasteiger partial charge on any atom is 0.258 e. The third-order valence-electron chi connectivity index (χ3n) is 3.99. The number of para-hydroxylation sites is 1. The quantitative estimate of drug-likeness (QED) is 0.486. The molecule has 1 N–H and O–H groups in total. The maximum absolute atomic E-state index is 12.3. The molecule has 2 amide bonds. The summed E-state index contributed by atoms with van der Waals surface area (Å²) < 4.78 is 4.97. The van der Waals surface area contributed by atoms with Crippen LogP contribution in [0.3, 0.4) is 0 Å². The van der Waals surface area contributed by atoms with Crippen molar-refractivity contribution < 1.29 is 19.1 Å². The van der Waals surface area contributed by atoms with Gasteiger partial charge in [-0.1, -0.05) is 18.2 Å². The Morgan fingerprint density at radius 1 is 1.42 bits per heavy atom. The summed E-state index contributed by atoms with van der Waals surface area (Å²) >= 11 is 1.51. The number of nitrogens with zero attached hydrogens (tertiary/aromatic N) is 2. The van der Waals surface area contributed by atoms with Crippen LogP contribution in [0.15, 0.2) is 35.3 Å². The highest BCUT2D eigenvalue weighted by Crippen LogP contribution is 2.50. The number of nitrogens with one attached hydrogen (secondary N) is 1. The van der Waals surface area contributed by atoms with Gasteiger partial charge in [0.1, 0.15) is 17.2 Å². The van der Waals surface area contributed by atoms with Gasteiger partial charge in [-0.2, -0.15) is 4.99 Å². The molecule has 0 aromatic heterocycles. The van der Waals surface area contributed by atoms with Crippen molar-refractivity contribution in [3.8, 4) is 5.75 Å². The molecule has 0 bridgehead atoms. The zero-order valence-electron chi connectivity index (χ0n) is 13.3. The third kappa shape index (κ3) is 2.90. The zero-order chi connectivity index (χ0) is 17.3. The Bertz CT molecular complexity index is 703. The molecule has 0 radical (unpaired) electrons. The topological polar surface area (TPSA) is 88.1 Å². The van der Waals surface area contributed by atoms with Crippen LogP contribution in [0.4, 0.5) is 0 Å². The molecule has 24 heavy (non-hydrogen) atoms. The predicted octanol–water partition coefficient (Wildman–Crippen LogP) is 0.906. The van der Waals surface area contributed by atoms with Gasteiger partial charge < -0.3 is 15.0 Å². The average Bonchev–Trinajstić information content (AvgIpc) is 2.80. The van der Waals surface area contributed by atoms with Crippen molar-refractivity contribution in [2.24, 2.45) is 4.99 Å². The van der Waals surface area contributed by atoms with Gasteiger partial charge in [0.15, 0.2) is 12.8 Å². The van der Waals surface area contributed by atoms with Crippen molar-refractivity contribution in [1.82, 2.24) is 10.2 Å². The second kappa shape index (κ2) is 6.30. The molecule has 8 heteroatoms. The number of aliphatic imine (C=N–C) groups is 1. The lowest BCUT2D eigenvalue weighted by Gasteiger charge is -2.43. The predicted molar refractivity (Wildman–Crippen MR) is 88.1 cm³/mol. The summed E-state index contributed by atoms with van der Waals surface area (Å²) in [7, 11) is 0. The van der Waals surface area contributed by atoms with E-state index in [4.69, 9.17) is 4.74 Å². The second-order valence-electron chi connectivity index (χ2n) is 6.10. The molecule has 0 saturated carbocycles. The zero-order valence-corrected chi connectivity index (χ0v) is 14.1. The normalized spacial score (nSPS) is 26.8. The molecule has 2 heterocycles. The molecule has 2 fully saturated rings. The van der Waals surface area contributed by atoms with Crippen LogP contribution in [0.2, 0.25) is 0 Å². The summed E-state index contributed by atoms with van der Waals surface area (Å²) in [4.78, 5) is 40.2. The number of carbonyl (C=O) groups excluding carboxylic acids is 3. The van der Waals surface area contributed by atoms with Crippen molar-refractivity contribution in [3.63, 3.8) is 0 Å². The summed E-state index contributed by atoms with van der Waals surface area (Å²) in [5.74, 6) is -0.0151. The van der Waals surface area contributed by atoms with Gasteiger partial charge in [-0.05, 0) is 26.0 Å². The van der Waals surface area contributed by atoms with Gasteiger partial charge in [0, 0.05) is 0 Å². The van der Waals surface area contributed by atoms with Gasteiger partial charge in [-0.3, -0.25) is 9.59 Å². The number of isocyanates is 1. The van der Waals surface area contributed by atoms with E-state index in [2.05, 4.69) is 10.3 Å². The van der Waals surface area contributed by atoms with E-state index in [1.165, 1.54) is 22.7 Å².